The zero-order chi connectivity index (χ0) is 15.8. The lowest BCUT2D eigenvalue weighted by molar-refractivity contribution is 0.0935. The van der Waals surface area contributed by atoms with Gasteiger partial charge in [0.05, 0.1) is 0 Å². The van der Waals surface area contributed by atoms with Gasteiger partial charge in [-0.15, -0.1) is 0 Å². The van der Waals surface area contributed by atoms with Gasteiger partial charge in [-0.1, -0.05) is 13.3 Å². The van der Waals surface area contributed by atoms with E-state index in [1.54, 1.807) is 6.92 Å². The number of H-pyrrole nitrogens is 1. The van der Waals surface area contributed by atoms with Crippen LogP contribution in [-0.4, -0.2) is 36.4 Å². The fourth-order valence-electron chi connectivity index (χ4n) is 2.32. The van der Waals surface area contributed by atoms with Crippen molar-refractivity contribution in [3.05, 3.63) is 22.5 Å². The summed E-state index contributed by atoms with van der Waals surface area (Å²) in [6, 6.07) is 0. The van der Waals surface area contributed by atoms with Crippen LogP contribution >= 0.6 is 0 Å². The molecule has 0 unspecified atom stereocenters. The number of rotatable bonds is 9. The smallest absolute Gasteiger partial charge is 0.268 e. The highest BCUT2D eigenvalue weighted by atomic mass is 16.5. The number of ether oxygens (including phenoxy) is 1. The van der Waals surface area contributed by atoms with E-state index in [4.69, 9.17) is 4.74 Å². The standard InChI is InChI=1S/C16H26N2O3/c1-5-6-9-21-10-7-8-17-16(20)15-11(2)14(13(4)19)12(3)18-15/h18H,5-10H2,1-4H3,(H,17,20). The van der Waals surface area contributed by atoms with Gasteiger partial charge in [-0.2, -0.15) is 0 Å². The third-order valence-corrected chi connectivity index (χ3v) is 3.41. The van der Waals surface area contributed by atoms with Crippen LogP contribution in [0.3, 0.4) is 0 Å². The van der Waals surface area contributed by atoms with Crippen LogP contribution in [0, 0.1) is 13.8 Å². The van der Waals surface area contributed by atoms with Gasteiger partial charge in [0.1, 0.15) is 5.69 Å². The second-order valence-corrected chi connectivity index (χ2v) is 5.26. The highest BCUT2D eigenvalue weighted by Gasteiger charge is 2.19. The van der Waals surface area contributed by atoms with Gasteiger partial charge < -0.3 is 15.0 Å². The molecular formula is C16H26N2O3. The topological polar surface area (TPSA) is 71.2 Å². The summed E-state index contributed by atoms with van der Waals surface area (Å²) in [5, 5.41) is 2.85. The maximum Gasteiger partial charge on any atom is 0.268 e. The third-order valence-electron chi connectivity index (χ3n) is 3.41. The maximum absolute atomic E-state index is 12.1. The number of hydrogen-bond acceptors (Lipinski definition) is 3. The normalized spacial score (nSPS) is 10.7. The third kappa shape index (κ3) is 5.01. The zero-order valence-corrected chi connectivity index (χ0v) is 13.5. The summed E-state index contributed by atoms with van der Waals surface area (Å²) in [5.41, 5.74) is 2.55. The van der Waals surface area contributed by atoms with Crippen molar-refractivity contribution < 1.29 is 14.3 Å². The molecule has 0 aliphatic carbocycles. The minimum atomic E-state index is -0.170. The van der Waals surface area contributed by atoms with Gasteiger partial charge in [-0.25, -0.2) is 0 Å². The number of carbonyl (C=O) groups excluding carboxylic acids is 2. The lowest BCUT2D eigenvalue weighted by atomic mass is 10.1. The Morgan fingerprint density at radius 3 is 2.43 bits per heavy atom. The molecule has 0 atom stereocenters. The van der Waals surface area contributed by atoms with E-state index in [2.05, 4.69) is 17.2 Å². The number of amides is 1. The largest absolute Gasteiger partial charge is 0.381 e. The molecule has 1 aromatic rings. The number of carbonyl (C=O) groups is 2. The van der Waals surface area contributed by atoms with Crippen LogP contribution in [0.2, 0.25) is 0 Å². The molecule has 0 bridgehead atoms. The van der Waals surface area contributed by atoms with E-state index < -0.39 is 0 Å². The molecule has 1 aromatic heterocycles. The summed E-state index contributed by atoms with van der Waals surface area (Å²) in [4.78, 5) is 26.6. The summed E-state index contributed by atoms with van der Waals surface area (Å²) in [6.07, 6.45) is 2.98. The molecule has 0 aliphatic heterocycles. The molecule has 0 aromatic carbocycles. The molecule has 0 saturated heterocycles. The van der Waals surface area contributed by atoms with E-state index in [1.807, 2.05) is 6.92 Å². The van der Waals surface area contributed by atoms with Crippen molar-refractivity contribution >= 4 is 11.7 Å². The average molecular weight is 294 g/mol. The predicted octanol–water partition coefficient (Wildman–Crippen LogP) is 2.77. The minimum absolute atomic E-state index is 0.0235. The van der Waals surface area contributed by atoms with Crippen molar-refractivity contribution in [2.75, 3.05) is 19.8 Å². The average Bonchev–Trinajstić information content (AvgIpc) is 2.72. The predicted molar refractivity (Wildman–Crippen MR) is 82.9 cm³/mol. The van der Waals surface area contributed by atoms with E-state index in [9.17, 15) is 9.59 Å². The molecule has 5 nitrogen and oxygen atoms in total. The number of Topliss-reactive ketones (excluding diaryl/α,β-unsaturated/α-hetero) is 1. The van der Waals surface area contributed by atoms with Crippen molar-refractivity contribution in [1.29, 1.82) is 0 Å². The molecule has 0 saturated carbocycles. The Hall–Kier alpha value is -1.62. The first kappa shape index (κ1) is 17.4. The van der Waals surface area contributed by atoms with Crippen molar-refractivity contribution in [1.82, 2.24) is 10.3 Å². The Balaban J connectivity index is 2.43. The maximum atomic E-state index is 12.1. The molecule has 1 rings (SSSR count). The van der Waals surface area contributed by atoms with E-state index in [0.29, 0.717) is 24.4 Å². The molecule has 2 N–H and O–H groups in total. The monoisotopic (exact) mass is 294 g/mol. The number of aromatic amines is 1. The molecule has 21 heavy (non-hydrogen) atoms. The van der Waals surface area contributed by atoms with Crippen LogP contribution in [0.5, 0.6) is 0 Å². The van der Waals surface area contributed by atoms with E-state index in [-0.39, 0.29) is 11.7 Å². The van der Waals surface area contributed by atoms with Crippen molar-refractivity contribution in [3.8, 4) is 0 Å². The number of hydrogen-bond donors (Lipinski definition) is 2. The summed E-state index contributed by atoms with van der Waals surface area (Å²) < 4.78 is 5.44. The number of aryl methyl sites for hydroxylation is 1. The molecule has 1 amide bonds. The van der Waals surface area contributed by atoms with Gasteiger partial charge in [0.25, 0.3) is 5.91 Å². The van der Waals surface area contributed by atoms with Crippen LogP contribution in [0.4, 0.5) is 0 Å². The number of nitrogens with one attached hydrogen (secondary N) is 2. The van der Waals surface area contributed by atoms with Gasteiger partial charge in [0.2, 0.25) is 0 Å². The highest BCUT2D eigenvalue weighted by Crippen LogP contribution is 2.18. The fourth-order valence-corrected chi connectivity index (χ4v) is 2.32. The summed E-state index contributed by atoms with van der Waals surface area (Å²) in [7, 11) is 0. The van der Waals surface area contributed by atoms with Crippen LogP contribution in [0.25, 0.3) is 0 Å². The van der Waals surface area contributed by atoms with E-state index >= 15 is 0 Å². The zero-order valence-electron chi connectivity index (χ0n) is 13.5. The van der Waals surface area contributed by atoms with Gasteiger partial charge >= 0.3 is 0 Å². The minimum Gasteiger partial charge on any atom is -0.381 e. The van der Waals surface area contributed by atoms with Crippen LogP contribution in [0.15, 0.2) is 0 Å². The van der Waals surface area contributed by atoms with Crippen LogP contribution in [-0.2, 0) is 4.74 Å². The van der Waals surface area contributed by atoms with Crippen molar-refractivity contribution in [2.45, 2.75) is 47.0 Å². The molecule has 0 spiro atoms. The summed E-state index contributed by atoms with van der Waals surface area (Å²) in [5.74, 6) is -0.193. The second-order valence-electron chi connectivity index (χ2n) is 5.26. The number of aromatic nitrogens is 1. The van der Waals surface area contributed by atoms with Gasteiger partial charge in [-0.3, -0.25) is 9.59 Å². The Morgan fingerprint density at radius 2 is 1.86 bits per heavy atom. The first-order valence-corrected chi connectivity index (χ1v) is 7.55. The first-order chi connectivity index (χ1) is 9.99. The SMILES string of the molecule is CCCCOCCCNC(=O)c1[nH]c(C)c(C(C)=O)c1C. The fraction of sp³-hybridized carbons (Fsp3) is 0.625. The Kier molecular flexibility index (Phi) is 7.15. The molecule has 118 valence electrons. The molecule has 0 radical (unpaired) electrons. The summed E-state index contributed by atoms with van der Waals surface area (Å²) in [6.45, 7) is 9.24. The number of ketones is 1. The quantitative estimate of drug-likeness (QED) is 0.543. The van der Waals surface area contributed by atoms with Gasteiger partial charge in [-0.05, 0) is 39.2 Å². The Labute approximate surface area is 126 Å². The molecule has 0 fully saturated rings. The lowest BCUT2D eigenvalue weighted by Gasteiger charge is -2.06. The summed E-state index contributed by atoms with van der Waals surface area (Å²) >= 11 is 0. The Bertz CT molecular complexity index is 492. The number of unbranched alkanes of at least 4 members (excludes halogenated alkanes) is 1. The lowest BCUT2D eigenvalue weighted by Crippen LogP contribution is -2.26. The molecule has 1 heterocycles. The highest BCUT2D eigenvalue weighted by molar-refractivity contribution is 6.02. The van der Waals surface area contributed by atoms with Crippen LogP contribution in [0.1, 0.15) is 65.2 Å². The first-order valence-electron chi connectivity index (χ1n) is 7.55. The second kappa shape index (κ2) is 8.62. The van der Waals surface area contributed by atoms with Gasteiger partial charge in [0.15, 0.2) is 5.78 Å². The molecule has 0 aliphatic rings. The van der Waals surface area contributed by atoms with Gasteiger partial charge in [0, 0.05) is 31.0 Å². The van der Waals surface area contributed by atoms with Crippen LogP contribution < -0.4 is 5.32 Å². The van der Waals surface area contributed by atoms with Crippen molar-refractivity contribution in [2.24, 2.45) is 0 Å². The van der Waals surface area contributed by atoms with Crippen molar-refractivity contribution in [3.63, 3.8) is 0 Å². The van der Waals surface area contributed by atoms with E-state index in [1.165, 1.54) is 6.92 Å². The molecular weight excluding hydrogens is 268 g/mol. The van der Waals surface area contributed by atoms with E-state index in [0.717, 1.165) is 37.1 Å². The Morgan fingerprint density at radius 1 is 1.19 bits per heavy atom. The molecule has 5 heteroatoms.